The summed E-state index contributed by atoms with van der Waals surface area (Å²) in [5.74, 6) is 1.42. The van der Waals surface area contributed by atoms with E-state index in [0.29, 0.717) is 24.6 Å². The fourth-order valence-corrected chi connectivity index (χ4v) is 4.18. The molecule has 0 radical (unpaired) electrons. The molecule has 3 rings (SSSR count). The van der Waals surface area contributed by atoms with Crippen molar-refractivity contribution in [2.24, 2.45) is 5.92 Å². The normalized spacial score (nSPS) is 16.0. The number of carbonyl (C=O) groups excluding carboxylic acids is 1. The summed E-state index contributed by atoms with van der Waals surface area (Å²) in [6.45, 7) is 5.09. The molecule has 0 unspecified atom stereocenters. The number of amides is 1. The molecule has 26 heavy (non-hydrogen) atoms. The molecule has 0 saturated carbocycles. The second kappa shape index (κ2) is 7.23. The Labute approximate surface area is 154 Å². The van der Waals surface area contributed by atoms with Gasteiger partial charge in [0.15, 0.2) is 9.84 Å². The number of sulfone groups is 1. The van der Waals surface area contributed by atoms with E-state index in [0.717, 1.165) is 36.2 Å². The highest BCUT2D eigenvalue weighted by molar-refractivity contribution is 7.90. The van der Waals surface area contributed by atoms with Crippen molar-refractivity contribution in [2.45, 2.75) is 38.0 Å². The van der Waals surface area contributed by atoms with Crippen molar-refractivity contribution in [3.8, 4) is 0 Å². The van der Waals surface area contributed by atoms with Crippen LogP contribution in [-0.4, -0.2) is 48.5 Å². The Bertz CT molecular complexity index is 896. The summed E-state index contributed by atoms with van der Waals surface area (Å²) in [5.41, 5.74) is 2.17. The number of aromatic nitrogens is 2. The van der Waals surface area contributed by atoms with Gasteiger partial charge in [-0.05, 0) is 55.9 Å². The van der Waals surface area contributed by atoms with Crippen molar-refractivity contribution < 1.29 is 13.2 Å². The van der Waals surface area contributed by atoms with E-state index in [2.05, 4.69) is 9.97 Å². The fraction of sp³-hybridized carbons (Fsp3) is 0.474. The van der Waals surface area contributed by atoms with E-state index in [9.17, 15) is 13.2 Å². The number of rotatable bonds is 4. The summed E-state index contributed by atoms with van der Waals surface area (Å²) in [4.78, 5) is 22.4. The van der Waals surface area contributed by atoms with Crippen molar-refractivity contribution in [3.05, 3.63) is 47.0 Å². The van der Waals surface area contributed by atoms with E-state index in [1.807, 2.05) is 24.9 Å². The van der Waals surface area contributed by atoms with Gasteiger partial charge in [0.05, 0.1) is 4.90 Å². The largest absolute Gasteiger partial charge is 0.349 e. The molecular formula is C19H25N3O3S. The molecular weight excluding hydrogens is 350 g/mol. The van der Waals surface area contributed by atoms with Gasteiger partial charge in [0, 0.05) is 43.7 Å². The van der Waals surface area contributed by atoms with E-state index in [1.165, 1.54) is 12.3 Å². The Morgan fingerprint density at radius 3 is 2.54 bits per heavy atom. The second-order valence-electron chi connectivity index (χ2n) is 7.16. The van der Waals surface area contributed by atoms with Crippen LogP contribution in [0.4, 0.5) is 0 Å². The minimum absolute atomic E-state index is 0.0763. The summed E-state index contributed by atoms with van der Waals surface area (Å²) in [6, 6.07) is 3.16. The van der Waals surface area contributed by atoms with Crippen LogP contribution in [0.5, 0.6) is 0 Å². The maximum Gasteiger partial charge on any atom is 0.254 e. The summed E-state index contributed by atoms with van der Waals surface area (Å²) in [5, 5.41) is 0. The van der Waals surface area contributed by atoms with E-state index < -0.39 is 9.84 Å². The van der Waals surface area contributed by atoms with Gasteiger partial charge in [-0.3, -0.25) is 4.79 Å². The van der Waals surface area contributed by atoms with E-state index in [4.69, 9.17) is 0 Å². The monoisotopic (exact) mass is 375 g/mol. The smallest absolute Gasteiger partial charge is 0.254 e. The number of nitrogens with one attached hydrogen (secondary N) is 1. The van der Waals surface area contributed by atoms with Crippen LogP contribution in [0.15, 0.2) is 29.4 Å². The van der Waals surface area contributed by atoms with E-state index in [1.54, 1.807) is 12.3 Å². The topological polar surface area (TPSA) is 83.1 Å². The Hall–Kier alpha value is -2.15. The minimum Gasteiger partial charge on any atom is -0.349 e. The number of hydrogen-bond donors (Lipinski definition) is 1. The molecule has 0 aliphatic carbocycles. The van der Waals surface area contributed by atoms with Crippen molar-refractivity contribution in [2.75, 3.05) is 19.3 Å². The number of aromatic amines is 1. The van der Waals surface area contributed by atoms with Gasteiger partial charge >= 0.3 is 0 Å². The van der Waals surface area contributed by atoms with Crippen molar-refractivity contribution in [1.82, 2.24) is 14.9 Å². The van der Waals surface area contributed by atoms with Crippen molar-refractivity contribution in [1.29, 1.82) is 0 Å². The molecule has 0 atom stereocenters. The number of piperidine rings is 1. The minimum atomic E-state index is -3.35. The average molecular weight is 375 g/mol. The zero-order chi connectivity index (χ0) is 18.9. The van der Waals surface area contributed by atoms with Crippen molar-refractivity contribution >= 4 is 15.7 Å². The first-order chi connectivity index (χ1) is 12.3. The van der Waals surface area contributed by atoms with Crippen LogP contribution in [-0.2, 0) is 16.3 Å². The molecule has 140 valence electrons. The molecule has 2 heterocycles. The molecule has 7 heteroatoms. The number of carbonyl (C=O) groups is 1. The number of nitrogens with zero attached hydrogens (tertiary/aromatic N) is 2. The molecule has 2 aromatic rings. The van der Waals surface area contributed by atoms with Gasteiger partial charge < -0.3 is 9.88 Å². The predicted octanol–water partition coefficient (Wildman–Crippen LogP) is 2.52. The third-order valence-electron chi connectivity index (χ3n) is 5.24. The Morgan fingerprint density at radius 2 is 1.96 bits per heavy atom. The van der Waals surface area contributed by atoms with Gasteiger partial charge in [-0.15, -0.1) is 0 Å². The number of hydrogen-bond acceptors (Lipinski definition) is 4. The quantitative estimate of drug-likeness (QED) is 0.890. The van der Waals surface area contributed by atoms with Gasteiger partial charge in [0.2, 0.25) is 0 Å². The third-order valence-corrected chi connectivity index (χ3v) is 6.33. The van der Waals surface area contributed by atoms with Crippen LogP contribution in [0, 0.1) is 19.8 Å². The van der Waals surface area contributed by atoms with Gasteiger partial charge in [0.1, 0.15) is 5.82 Å². The van der Waals surface area contributed by atoms with Gasteiger partial charge in [-0.25, -0.2) is 13.4 Å². The lowest BCUT2D eigenvalue weighted by atomic mass is 9.92. The molecule has 1 N–H and O–H groups in total. The fourth-order valence-electron chi connectivity index (χ4n) is 3.46. The molecule has 1 aliphatic rings. The highest BCUT2D eigenvalue weighted by Crippen LogP contribution is 2.25. The number of benzene rings is 1. The van der Waals surface area contributed by atoms with Crippen LogP contribution in [0.3, 0.4) is 0 Å². The summed E-state index contributed by atoms with van der Waals surface area (Å²) in [7, 11) is -3.35. The molecule has 0 bridgehead atoms. The molecule has 1 aliphatic heterocycles. The van der Waals surface area contributed by atoms with Crippen molar-refractivity contribution in [3.63, 3.8) is 0 Å². The first kappa shape index (κ1) is 18.6. The highest BCUT2D eigenvalue weighted by Gasteiger charge is 2.26. The van der Waals surface area contributed by atoms with Gasteiger partial charge in [-0.1, -0.05) is 0 Å². The maximum absolute atomic E-state index is 13.0. The first-order valence-corrected chi connectivity index (χ1v) is 10.7. The lowest BCUT2D eigenvalue weighted by Gasteiger charge is -2.32. The van der Waals surface area contributed by atoms with E-state index in [-0.39, 0.29) is 10.8 Å². The zero-order valence-electron chi connectivity index (χ0n) is 15.4. The molecule has 6 nitrogen and oxygen atoms in total. The van der Waals surface area contributed by atoms with Gasteiger partial charge in [-0.2, -0.15) is 0 Å². The molecule has 1 aromatic heterocycles. The van der Waals surface area contributed by atoms with Gasteiger partial charge in [0.25, 0.3) is 5.91 Å². The molecule has 1 fully saturated rings. The first-order valence-electron chi connectivity index (χ1n) is 8.84. The SMILES string of the molecule is Cc1cc(S(C)(=O)=O)cc(C(=O)N2CCC(Cc3ncc[nH]3)CC2)c1C. The number of H-pyrrole nitrogens is 1. The summed E-state index contributed by atoms with van der Waals surface area (Å²) in [6.07, 6.45) is 7.51. The number of likely N-dealkylation sites (tertiary alicyclic amines) is 1. The predicted molar refractivity (Wildman–Crippen MR) is 99.9 cm³/mol. The summed E-state index contributed by atoms with van der Waals surface area (Å²) >= 11 is 0. The lowest BCUT2D eigenvalue weighted by Crippen LogP contribution is -2.39. The number of aryl methyl sites for hydroxylation is 1. The standard InChI is InChI=1S/C19H25N3O3S/c1-13-10-16(26(3,24)25)12-17(14(13)2)19(23)22-8-4-15(5-9-22)11-18-20-6-7-21-18/h6-7,10,12,15H,4-5,8-9,11H2,1-3H3,(H,20,21). The molecule has 1 amide bonds. The number of imidazole rings is 1. The molecule has 1 saturated heterocycles. The Balaban J connectivity index is 1.73. The second-order valence-corrected chi connectivity index (χ2v) is 9.18. The Kier molecular flexibility index (Phi) is 5.18. The maximum atomic E-state index is 13.0. The molecule has 1 aromatic carbocycles. The highest BCUT2D eigenvalue weighted by atomic mass is 32.2. The van der Waals surface area contributed by atoms with Crippen LogP contribution in [0.2, 0.25) is 0 Å². The van der Waals surface area contributed by atoms with Crippen LogP contribution in [0.25, 0.3) is 0 Å². The summed E-state index contributed by atoms with van der Waals surface area (Å²) < 4.78 is 23.8. The molecule has 0 spiro atoms. The van der Waals surface area contributed by atoms with Crippen LogP contribution >= 0.6 is 0 Å². The Morgan fingerprint density at radius 1 is 1.27 bits per heavy atom. The third kappa shape index (κ3) is 3.98. The lowest BCUT2D eigenvalue weighted by molar-refractivity contribution is 0.0689. The average Bonchev–Trinajstić information content (AvgIpc) is 3.09. The van der Waals surface area contributed by atoms with E-state index >= 15 is 0 Å². The zero-order valence-corrected chi connectivity index (χ0v) is 16.3. The van der Waals surface area contributed by atoms with Crippen LogP contribution < -0.4 is 0 Å². The van der Waals surface area contributed by atoms with Crippen LogP contribution in [0.1, 0.15) is 40.2 Å².